The predicted molar refractivity (Wildman–Crippen MR) is 89.8 cm³/mol. The number of carbonyl (C=O) groups excluding carboxylic acids is 1. The molecule has 2 aromatic carbocycles. The summed E-state index contributed by atoms with van der Waals surface area (Å²) in [5.74, 6) is -0.591. The average molecular weight is 356 g/mol. The first-order valence-electron chi connectivity index (χ1n) is 7.64. The molecule has 0 saturated heterocycles. The Hall–Kier alpha value is -2.69. The highest BCUT2D eigenvalue weighted by Crippen LogP contribution is 2.29. The zero-order chi connectivity index (χ0) is 18.0. The number of carbonyl (C=O) groups is 1. The molecule has 0 saturated carbocycles. The van der Waals surface area contributed by atoms with Gasteiger partial charge in [-0.1, -0.05) is 24.3 Å². The van der Waals surface area contributed by atoms with Gasteiger partial charge in [-0.05, 0) is 35.4 Å². The fraction of sp³-hybridized carbons (Fsp3) is 0.222. The third kappa shape index (κ3) is 3.14. The standard InChI is InChI=1S/C18H16N2O4S/c1-24-18(21)17-10-14-4-2-3-5-15(14)12-20(17)25(22,23)16-8-6-13(11-19)7-9-16/h2-9,17H,10,12H2,1H3/t17-/m1/s1. The quantitative estimate of drug-likeness (QED) is 0.783. The number of hydrogen-bond acceptors (Lipinski definition) is 5. The van der Waals surface area contributed by atoms with E-state index < -0.39 is 22.0 Å². The monoisotopic (exact) mass is 356 g/mol. The summed E-state index contributed by atoms with van der Waals surface area (Å²) in [4.78, 5) is 12.2. The molecular weight excluding hydrogens is 340 g/mol. The number of nitriles is 1. The van der Waals surface area contributed by atoms with E-state index in [1.165, 1.54) is 35.7 Å². The van der Waals surface area contributed by atoms with Gasteiger partial charge in [0.1, 0.15) is 6.04 Å². The second kappa shape index (κ2) is 6.67. The van der Waals surface area contributed by atoms with Crippen LogP contribution in [0.5, 0.6) is 0 Å². The van der Waals surface area contributed by atoms with Crippen molar-refractivity contribution in [3.8, 4) is 6.07 Å². The number of esters is 1. The lowest BCUT2D eigenvalue weighted by Gasteiger charge is -2.34. The predicted octanol–water partition coefficient (Wildman–Crippen LogP) is 1.85. The summed E-state index contributed by atoms with van der Waals surface area (Å²) < 4.78 is 32.1. The second-order valence-corrected chi connectivity index (χ2v) is 7.59. The van der Waals surface area contributed by atoms with E-state index in [1.807, 2.05) is 30.3 Å². The highest BCUT2D eigenvalue weighted by Gasteiger charge is 2.40. The van der Waals surface area contributed by atoms with E-state index in [2.05, 4.69) is 0 Å². The average Bonchev–Trinajstić information content (AvgIpc) is 2.66. The van der Waals surface area contributed by atoms with Crippen molar-refractivity contribution in [3.63, 3.8) is 0 Å². The lowest BCUT2D eigenvalue weighted by molar-refractivity contribution is -0.145. The molecule has 0 radical (unpaired) electrons. The Kier molecular flexibility index (Phi) is 4.57. The molecule has 0 unspecified atom stereocenters. The summed E-state index contributed by atoms with van der Waals surface area (Å²) in [6.45, 7) is 0.0955. The molecule has 128 valence electrons. The smallest absolute Gasteiger partial charge is 0.324 e. The maximum absolute atomic E-state index is 13.1. The first-order chi connectivity index (χ1) is 12.0. The molecule has 1 atom stereocenters. The number of sulfonamides is 1. The normalized spacial score (nSPS) is 17.4. The third-order valence-corrected chi connectivity index (χ3v) is 6.14. The number of hydrogen-bond donors (Lipinski definition) is 0. The number of nitrogens with zero attached hydrogens (tertiary/aromatic N) is 2. The summed E-state index contributed by atoms with van der Waals surface area (Å²) in [5, 5.41) is 8.86. The number of fused-ring (bicyclic) bond motifs is 1. The molecule has 6 nitrogen and oxygen atoms in total. The molecular formula is C18H16N2O4S. The van der Waals surface area contributed by atoms with Crippen LogP contribution in [0.1, 0.15) is 16.7 Å². The molecule has 0 bridgehead atoms. The van der Waals surface area contributed by atoms with Crippen molar-refractivity contribution in [2.24, 2.45) is 0 Å². The first-order valence-corrected chi connectivity index (χ1v) is 9.08. The SMILES string of the molecule is COC(=O)[C@H]1Cc2ccccc2CN1S(=O)(=O)c1ccc(C#N)cc1. The Balaban J connectivity index is 2.05. The summed E-state index contributed by atoms with van der Waals surface area (Å²) in [7, 11) is -2.67. The lowest BCUT2D eigenvalue weighted by atomic mass is 9.96. The zero-order valence-corrected chi connectivity index (χ0v) is 14.4. The molecule has 0 fully saturated rings. The van der Waals surface area contributed by atoms with E-state index in [9.17, 15) is 13.2 Å². The second-order valence-electron chi connectivity index (χ2n) is 5.70. The van der Waals surface area contributed by atoms with Gasteiger partial charge in [-0.15, -0.1) is 0 Å². The van der Waals surface area contributed by atoms with Gasteiger partial charge in [-0.25, -0.2) is 8.42 Å². The van der Waals surface area contributed by atoms with Gasteiger partial charge >= 0.3 is 5.97 Å². The molecule has 1 aliphatic heterocycles. The molecule has 2 aromatic rings. The van der Waals surface area contributed by atoms with Crippen LogP contribution in [0.15, 0.2) is 53.4 Å². The maximum Gasteiger partial charge on any atom is 0.324 e. The minimum atomic E-state index is -3.91. The van der Waals surface area contributed by atoms with Gasteiger partial charge in [0.15, 0.2) is 0 Å². The first kappa shape index (κ1) is 17.1. The van der Waals surface area contributed by atoms with Gasteiger partial charge in [-0.3, -0.25) is 4.79 Å². The van der Waals surface area contributed by atoms with E-state index >= 15 is 0 Å². The van der Waals surface area contributed by atoms with E-state index in [-0.39, 0.29) is 17.9 Å². The van der Waals surface area contributed by atoms with Crippen molar-refractivity contribution in [2.45, 2.75) is 23.9 Å². The summed E-state index contributed by atoms with van der Waals surface area (Å²) >= 11 is 0. The van der Waals surface area contributed by atoms with Crippen molar-refractivity contribution in [2.75, 3.05) is 7.11 Å². The van der Waals surface area contributed by atoms with E-state index in [0.29, 0.717) is 5.56 Å². The fourth-order valence-electron chi connectivity index (χ4n) is 2.93. The number of benzene rings is 2. The van der Waals surface area contributed by atoms with Gasteiger partial charge in [0.05, 0.1) is 23.6 Å². The Morgan fingerprint density at radius 2 is 1.80 bits per heavy atom. The molecule has 0 amide bonds. The van der Waals surface area contributed by atoms with Crippen LogP contribution in [0.2, 0.25) is 0 Å². The van der Waals surface area contributed by atoms with Crippen molar-refractivity contribution in [1.82, 2.24) is 4.31 Å². The molecule has 0 aromatic heterocycles. The Morgan fingerprint density at radius 3 is 2.40 bits per heavy atom. The van der Waals surface area contributed by atoms with Gasteiger partial charge in [0, 0.05) is 13.0 Å². The Labute approximate surface area is 146 Å². The highest BCUT2D eigenvalue weighted by atomic mass is 32.2. The van der Waals surface area contributed by atoms with Crippen LogP contribution in [-0.4, -0.2) is 31.8 Å². The lowest BCUT2D eigenvalue weighted by Crippen LogP contribution is -2.48. The Bertz CT molecular complexity index is 946. The summed E-state index contributed by atoms with van der Waals surface area (Å²) in [6, 6.07) is 14.1. The van der Waals surface area contributed by atoms with Gasteiger partial charge in [-0.2, -0.15) is 9.57 Å². The van der Waals surface area contributed by atoms with Crippen molar-refractivity contribution < 1.29 is 17.9 Å². The number of rotatable bonds is 3. The van der Waals surface area contributed by atoms with Gasteiger partial charge in [0.25, 0.3) is 0 Å². The van der Waals surface area contributed by atoms with E-state index in [4.69, 9.17) is 10.00 Å². The van der Waals surface area contributed by atoms with Crippen LogP contribution >= 0.6 is 0 Å². The van der Waals surface area contributed by atoms with Gasteiger partial charge < -0.3 is 4.74 Å². The summed E-state index contributed by atoms with van der Waals surface area (Å²) in [5.41, 5.74) is 2.16. The maximum atomic E-state index is 13.1. The Morgan fingerprint density at radius 1 is 1.16 bits per heavy atom. The van der Waals surface area contributed by atoms with E-state index in [1.54, 1.807) is 0 Å². The molecule has 0 aliphatic carbocycles. The van der Waals surface area contributed by atoms with Crippen molar-refractivity contribution >= 4 is 16.0 Å². The molecule has 3 rings (SSSR count). The summed E-state index contributed by atoms with van der Waals surface area (Å²) in [6.07, 6.45) is 0.262. The van der Waals surface area contributed by atoms with Crippen LogP contribution in [0.25, 0.3) is 0 Å². The number of ether oxygens (including phenoxy) is 1. The molecule has 1 aliphatic rings. The topological polar surface area (TPSA) is 87.5 Å². The van der Waals surface area contributed by atoms with Crippen LogP contribution in [0.4, 0.5) is 0 Å². The molecule has 0 spiro atoms. The van der Waals surface area contributed by atoms with Crippen molar-refractivity contribution in [1.29, 1.82) is 5.26 Å². The molecule has 1 heterocycles. The zero-order valence-electron chi connectivity index (χ0n) is 13.5. The van der Waals surface area contributed by atoms with Crippen LogP contribution < -0.4 is 0 Å². The largest absolute Gasteiger partial charge is 0.468 e. The van der Waals surface area contributed by atoms with Crippen LogP contribution in [0.3, 0.4) is 0 Å². The minimum absolute atomic E-state index is 0.0415. The van der Waals surface area contributed by atoms with Gasteiger partial charge in [0.2, 0.25) is 10.0 Å². The third-order valence-electron chi connectivity index (χ3n) is 4.27. The minimum Gasteiger partial charge on any atom is -0.468 e. The van der Waals surface area contributed by atoms with Crippen molar-refractivity contribution in [3.05, 3.63) is 65.2 Å². The molecule has 7 heteroatoms. The van der Waals surface area contributed by atoms with Crippen LogP contribution in [0, 0.1) is 11.3 Å². The highest BCUT2D eigenvalue weighted by molar-refractivity contribution is 7.89. The fourth-order valence-corrected chi connectivity index (χ4v) is 4.48. The van der Waals surface area contributed by atoms with E-state index in [0.717, 1.165) is 11.1 Å². The molecule has 25 heavy (non-hydrogen) atoms. The number of methoxy groups -OCH3 is 1. The van der Waals surface area contributed by atoms with Crippen LogP contribution in [-0.2, 0) is 32.5 Å². The molecule has 0 N–H and O–H groups in total.